The Hall–Kier alpha value is -2.65. The molecule has 0 atom stereocenters. The summed E-state index contributed by atoms with van der Waals surface area (Å²) in [7, 11) is 0. The largest absolute Gasteiger partial charge is 0.506 e. The molecule has 1 aromatic heterocycles. The van der Waals surface area contributed by atoms with E-state index in [-0.39, 0.29) is 21.4 Å². The highest BCUT2D eigenvalue weighted by atomic mass is 35.5. The van der Waals surface area contributed by atoms with Crippen molar-refractivity contribution < 1.29 is 15.0 Å². The van der Waals surface area contributed by atoms with Gasteiger partial charge in [-0.15, -0.1) is 11.3 Å². The van der Waals surface area contributed by atoms with Gasteiger partial charge in [-0.25, -0.2) is 4.79 Å². The van der Waals surface area contributed by atoms with Gasteiger partial charge in [0.1, 0.15) is 5.75 Å². The minimum atomic E-state index is -1.11. The summed E-state index contributed by atoms with van der Waals surface area (Å²) in [5, 5.41) is 29.3. The number of rotatable bonds is 5. The van der Waals surface area contributed by atoms with Gasteiger partial charge in [0.2, 0.25) is 0 Å². The van der Waals surface area contributed by atoms with Gasteiger partial charge >= 0.3 is 5.97 Å². The minimum Gasteiger partial charge on any atom is -0.506 e. The molecule has 0 saturated heterocycles. The smallest absolute Gasteiger partial charge is 0.337 e. The molecule has 0 radical (unpaired) electrons. The van der Waals surface area contributed by atoms with E-state index in [0.29, 0.717) is 26.9 Å². The summed E-state index contributed by atoms with van der Waals surface area (Å²) >= 11 is 18.6. The molecule has 0 bridgehead atoms. The zero-order valence-electron chi connectivity index (χ0n) is 15.4. The summed E-state index contributed by atoms with van der Waals surface area (Å²) in [6.07, 6.45) is 0. The van der Waals surface area contributed by atoms with Crippen molar-refractivity contribution in [1.29, 1.82) is 0 Å². The van der Waals surface area contributed by atoms with Crippen molar-refractivity contribution in [1.82, 2.24) is 5.43 Å². The maximum absolute atomic E-state index is 11.0. The Morgan fingerprint density at radius 3 is 2.60 bits per heavy atom. The quantitative estimate of drug-likeness (QED) is 0.208. The number of carboxylic acids is 1. The van der Waals surface area contributed by atoms with Crippen LogP contribution in [0.5, 0.6) is 5.75 Å². The van der Waals surface area contributed by atoms with Gasteiger partial charge in [0, 0.05) is 16.1 Å². The molecule has 0 aliphatic carbocycles. The third-order valence-electron chi connectivity index (χ3n) is 4.02. The second-order valence-corrected chi connectivity index (χ2v) is 8.23. The molecule has 4 N–H and O–H groups in total. The SMILES string of the molecule is CC(=NNC(=S)Nc1ccc(C(=O)O)c(Cl)c1)c1csc(-c2cccc(Cl)c2)c1O. The van der Waals surface area contributed by atoms with Gasteiger partial charge in [-0.2, -0.15) is 5.10 Å². The summed E-state index contributed by atoms with van der Waals surface area (Å²) in [5.74, 6) is -1.000. The summed E-state index contributed by atoms with van der Waals surface area (Å²) in [4.78, 5) is 11.7. The molecular weight excluding hydrogens is 465 g/mol. The number of anilines is 1. The predicted octanol–water partition coefficient (Wildman–Crippen LogP) is 5.84. The fourth-order valence-electron chi connectivity index (χ4n) is 2.56. The average Bonchev–Trinajstić information content (AvgIpc) is 3.07. The zero-order chi connectivity index (χ0) is 21.8. The van der Waals surface area contributed by atoms with Gasteiger partial charge in [0.25, 0.3) is 0 Å². The monoisotopic (exact) mass is 479 g/mol. The van der Waals surface area contributed by atoms with E-state index < -0.39 is 5.97 Å². The molecule has 0 saturated carbocycles. The number of aromatic carboxylic acids is 1. The Morgan fingerprint density at radius 2 is 1.93 bits per heavy atom. The molecule has 0 aliphatic heterocycles. The highest BCUT2D eigenvalue weighted by Crippen LogP contribution is 2.39. The van der Waals surface area contributed by atoms with Crippen molar-refractivity contribution >= 4 is 69.2 Å². The van der Waals surface area contributed by atoms with Gasteiger partial charge in [-0.3, -0.25) is 5.43 Å². The predicted molar refractivity (Wildman–Crippen MR) is 126 cm³/mol. The lowest BCUT2D eigenvalue weighted by Crippen LogP contribution is -2.25. The first-order chi connectivity index (χ1) is 14.3. The summed E-state index contributed by atoms with van der Waals surface area (Å²) < 4.78 is 0. The van der Waals surface area contributed by atoms with E-state index in [9.17, 15) is 9.90 Å². The van der Waals surface area contributed by atoms with Crippen molar-refractivity contribution in [3.05, 3.63) is 69.0 Å². The van der Waals surface area contributed by atoms with Crippen molar-refractivity contribution in [3.8, 4) is 16.2 Å². The van der Waals surface area contributed by atoms with E-state index >= 15 is 0 Å². The number of carboxylic acid groups (broad SMARTS) is 1. The topological polar surface area (TPSA) is 94.0 Å². The van der Waals surface area contributed by atoms with Crippen LogP contribution in [0.3, 0.4) is 0 Å². The lowest BCUT2D eigenvalue weighted by Gasteiger charge is -2.09. The average molecular weight is 480 g/mol. The second kappa shape index (κ2) is 9.44. The van der Waals surface area contributed by atoms with E-state index in [0.717, 1.165) is 5.56 Å². The van der Waals surface area contributed by atoms with Crippen LogP contribution in [0.2, 0.25) is 10.0 Å². The summed E-state index contributed by atoms with van der Waals surface area (Å²) in [6.45, 7) is 1.73. The zero-order valence-corrected chi connectivity index (χ0v) is 18.6. The third kappa shape index (κ3) is 5.09. The van der Waals surface area contributed by atoms with Crippen LogP contribution < -0.4 is 10.7 Å². The van der Waals surface area contributed by atoms with E-state index in [4.69, 9.17) is 40.5 Å². The van der Waals surface area contributed by atoms with Crippen LogP contribution in [-0.2, 0) is 0 Å². The first-order valence-electron chi connectivity index (χ1n) is 8.47. The third-order valence-corrected chi connectivity index (χ3v) is 5.78. The molecule has 1 heterocycles. The number of nitrogens with zero attached hydrogens (tertiary/aromatic N) is 1. The molecule has 2 aromatic carbocycles. The molecule has 6 nitrogen and oxygen atoms in total. The Kier molecular flexibility index (Phi) is 6.94. The van der Waals surface area contributed by atoms with Crippen LogP contribution in [0, 0.1) is 0 Å². The molecular formula is C20H15Cl2N3O3S2. The molecule has 10 heteroatoms. The molecule has 0 aliphatic rings. The van der Waals surface area contributed by atoms with Crippen molar-refractivity contribution in [2.75, 3.05) is 5.32 Å². The Labute approximate surface area is 191 Å². The Bertz CT molecular complexity index is 1160. The fraction of sp³-hybridized carbons (Fsp3) is 0.0500. The number of hydrogen-bond donors (Lipinski definition) is 4. The van der Waals surface area contributed by atoms with Crippen LogP contribution in [0.4, 0.5) is 5.69 Å². The maximum Gasteiger partial charge on any atom is 0.337 e. The molecule has 154 valence electrons. The number of thiophene rings is 1. The first-order valence-corrected chi connectivity index (χ1v) is 10.5. The number of thiocarbonyl (C=S) groups is 1. The van der Waals surface area contributed by atoms with Gasteiger partial charge in [0.15, 0.2) is 5.11 Å². The highest BCUT2D eigenvalue weighted by Gasteiger charge is 2.15. The van der Waals surface area contributed by atoms with Crippen LogP contribution in [0.15, 0.2) is 52.9 Å². The molecule has 30 heavy (non-hydrogen) atoms. The van der Waals surface area contributed by atoms with Gasteiger partial charge in [-0.1, -0.05) is 35.3 Å². The number of benzene rings is 2. The summed E-state index contributed by atoms with van der Waals surface area (Å²) in [5.41, 5.74) is 5.11. The molecule has 0 spiro atoms. The number of hydrazone groups is 1. The molecule has 0 unspecified atom stereocenters. The number of hydrogen-bond acceptors (Lipinski definition) is 5. The van der Waals surface area contributed by atoms with Crippen LogP contribution >= 0.6 is 46.8 Å². The minimum absolute atomic E-state index is 0.00148. The normalized spacial score (nSPS) is 11.2. The second-order valence-electron chi connectivity index (χ2n) is 6.10. The van der Waals surface area contributed by atoms with Crippen LogP contribution in [0.25, 0.3) is 10.4 Å². The lowest BCUT2D eigenvalue weighted by atomic mass is 10.1. The highest BCUT2D eigenvalue weighted by molar-refractivity contribution is 7.80. The van der Waals surface area contributed by atoms with Crippen LogP contribution in [-0.4, -0.2) is 27.0 Å². The Morgan fingerprint density at radius 1 is 1.17 bits per heavy atom. The maximum atomic E-state index is 11.0. The van der Waals surface area contributed by atoms with E-state index in [2.05, 4.69) is 15.8 Å². The van der Waals surface area contributed by atoms with Crippen molar-refractivity contribution in [3.63, 3.8) is 0 Å². The Balaban J connectivity index is 1.70. The van der Waals surface area contributed by atoms with E-state index in [1.165, 1.54) is 23.5 Å². The van der Waals surface area contributed by atoms with E-state index in [1.807, 2.05) is 12.1 Å². The molecule has 3 aromatic rings. The number of halogens is 2. The molecule has 3 rings (SSSR count). The van der Waals surface area contributed by atoms with Crippen molar-refractivity contribution in [2.24, 2.45) is 5.10 Å². The number of carbonyl (C=O) groups is 1. The lowest BCUT2D eigenvalue weighted by molar-refractivity contribution is 0.0697. The van der Waals surface area contributed by atoms with Gasteiger partial charge in [-0.05, 0) is 55.0 Å². The summed E-state index contributed by atoms with van der Waals surface area (Å²) in [6, 6.07) is 11.6. The van der Waals surface area contributed by atoms with E-state index in [1.54, 1.807) is 30.5 Å². The standard InChI is InChI=1S/C20H15Cl2N3O3S2/c1-10(15-9-30-18(17(15)26)11-3-2-4-12(21)7-11)24-25-20(29)23-13-5-6-14(19(27)28)16(22)8-13/h2-9,26H,1H3,(H,27,28)(H2,23,25,29). The molecule has 0 amide bonds. The van der Waals surface area contributed by atoms with Crippen LogP contribution in [0.1, 0.15) is 22.8 Å². The van der Waals surface area contributed by atoms with Crippen molar-refractivity contribution in [2.45, 2.75) is 6.92 Å². The van der Waals surface area contributed by atoms with Gasteiger partial charge < -0.3 is 15.5 Å². The fourth-order valence-corrected chi connectivity index (χ4v) is 4.18. The number of nitrogens with one attached hydrogen (secondary N) is 2. The number of aromatic hydroxyl groups is 1. The van der Waals surface area contributed by atoms with Gasteiger partial charge in [0.05, 0.1) is 26.7 Å². The molecule has 0 fully saturated rings. The first kappa shape index (κ1) is 22.0.